The lowest BCUT2D eigenvalue weighted by atomic mass is 10.1. The van der Waals surface area contributed by atoms with E-state index in [0.29, 0.717) is 12.8 Å². The average molecular weight is 431 g/mol. The van der Waals surface area contributed by atoms with Crippen LogP contribution < -0.4 is 11.3 Å². The van der Waals surface area contributed by atoms with Crippen LogP contribution in [0.2, 0.25) is 0 Å². The third-order valence-corrected chi connectivity index (χ3v) is 4.74. The molecule has 0 amide bonds. The lowest BCUT2D eigenvalue weighted by Gasteiger charge is -2.12. The van der Waals surface area contributed by atoms with E-state index in [9.17, 15) is 9.90 Å². The summed E-state index contributed by atoms with van der Waals surface area (Å²) in [4.78, 5) is 9.81. The Balaban J connectivity index is -0.000000417. The third kappa shape index (κ3) is 37.8. The van der Waals surface area contributed by atoms with E-state index >= 15 is 0 Å². The highest BCUT2D eigenvalue weighted by Crippen LogP contribution is 2.11. The van der Waals surface area contributed by atoms with Crippen LogP contribution in [0.4, 0.5) is 0 Å². The number of carbonyl (C=O) groups excluding carboxylic acids is 1. The number of rotatable bonds is 17. The minimum Gasteiger partial charge on any atom is -0.368 e. The van der Waals surface area contributed by atoms with Crippen LogP contribution in [0.25, 0.3) is 0 Å². The lowest BCUT2D eigenvalue weighted by Crippen LogP contribution is -2.22. The van der Waals surface area contributed by atoms with E-state index in [-0.39, 0.29) is 5.78 Å². The molecule has 0 aliphatic heterocycles. The molecule has 1 unspecified atom stereocenters. The van der Waals surface area contributed by atoms with Crippen molar-refractivity contribution in [1.82, 2.24) is 5.43 Å². The second kappa shape index (κ2) is 28.1. The summed E-state index contributed by atoms with van der Waals surface area (Å²) in [5.41, 5.74) is 1.70. The minimum absolute atomic E-state index is 0.255. The maximum Gasteiger partial charge on any atom is 0.172 e. The van der Waals surface area contributed by atoms with Crippen molar-refractivity contribution in [2.24, 2.45) is 16.1 Å². The van der Waals surface area contributed by atoms with Gasteiger partial charge in [-0.1, -0.05) is 91.9 Å². The number of nitrogens with one attached hydrogen (secondary N) is 1. The molecule has 0 aromatic carbocycles. The number of nitrogens with zero attached hydrogens (tertiary/aromatic N) is 2. The Hall–Kier alpha value is -0.850. The van der Waals surface area contributed by atoms with Crippen LogP contribution in [0.1, 0.15) is 131 Å². The summed E-state index contributed by atoms with van der Waals surface area (Å²) in [6.07, 6.45) is 16.9. The first-order valence-corrected chi connectivity index (χ1v) is 12.3. The lowest BCUT2D eigenvalue weighted by molar-refractivity contribution is -0.116. The third-order valence-electron chi connectivity index (χ3n) is 4.74. The molecule has 1 atom stereocenters. The summed E-state index contributed by atoms with van der Waals surface area (Å²) in [6, 6.07) is 0. The molecular weight excluding hydrogens is 376 g/mol. The first-order chi connectivity index (χ1) is 14.3. The zero-order valence-electron chi connectivity index (χ0n) is 21.1. The maximum absolute atomic E-state index is 9.81. The summed E-state index contributed by atoms with van der Waals surface area (Å²) >= 11 is 0. The van der Waals surface area contributed by atoms with Crippen LogP contribution in [0.5, 0.6) is 0 Å². The molecule has 0 aliphatic rings. The van der Waals surface area contributed by atoms with E-state index in [0.717, 1.165) is 19.5 Å². The molecular formula is C24H54N4O2. The van der Waals surface area contributed by atoms with Gasteiger partial charge in [0.1, 0.15) is 5.78 Å². The fourth-order valence-electron chi connectivity index (χ4n) is 2.24. The fraction of sp³-hybridized carbons (Fsp3) is 0.958. The summed E-state index contributed by atoms with van der Waals surface area (Å²) in [6.45, 7) is 13.2. The zero-order valence-corrected chi connectivity index (χ0v) is 21.1. The number of unbranched alkanes of at least 4 members (excludes halogenated alkanes) is 10. The normalized spacial score (nSPS) is 12.5. The Kier molecular flexibility index (Phi) is 31.7. The summed E-state index contributed by atoms with van der Waals surface area (Å²) in [5.74, 6) is 5.37. The molecule has 0 saturated heterocycles. The Morgan fingerprint density at radius 1 is 0.867 bits per heavy atom. The molecule has 0 radical (unpaired) electrons. The van der Waals surface area contributed by atoms with Crippen LogP contribution in [0.15, 0.2) is 10.2 Å². The first kappa shape index (κ1) is 33.8. The van der Waals surface area contributed by atoms with Gasteiger partial charge in [0.05, 0.1) is 6.54 Å². The van der Waals surface area contributed by atoms with Crippen molar-refractivity contribution in [3.05, 3.63) is 0 Å². The van der Waals surface area contributed by atoms with Gasteiger partial charge < -0.3 is 9.90 Å². The molecule has 4 N–H and O–H groups in total. The van der Waals surface area contributed by atoms with Crippen LogP contribution in [0.3, 0.4) is 0 Å². The molecule has 0 aliphatic carbocycles. The van der Waals surface area contributed by atoms with Gasteiger partial charge in [-0.3, -0.25) is 11.3 Å². The number of hydrazine groups is 1. The van der Waals surface area contributed by atoms with Gasteiger partial charge >= 0.3 is 0 Å². The molecule has 30 heavy (non-hydrogen) atoms. The average Bonchev–Trinajstić information content (AvgIpc) is 2.73. The summed E-state index contributed by atoms with van der Waals surface area (Å²) in [7, 11) is 0. The van der Waals surface area contributed by atoms with Gasteiger partial charge in [0.25, 0.3) is 0 Å². The van der Waals surface area contributed by atoms with Gasteiger partial charge in [-0.05, 0) is 33.1 Å². The van der Waals surface area contributed by atoms with Crippen molar-refractivity contribution in [1.29, 1.82) is 0 Å². The number of azo groups is 1. The molecule has 0 aromatic heterocycles. The topological polar surface area (TPSA) is 100 Å². The number of Topliss-reactive ketones (excluding diaryl/α,β-unsaturated/α-hetero) is 1. The van der Waals surface area contributed by atoms with Crippen LogP contribution in [0, 0.1) is 0 Å². The molecule has 6 nitrogen and oxygen atoms in total. The van der Waals surface area contributed by atoms with Gasteiger partial charge in [-0.15, -0.1) is 0 Å². The maximum atomic E-state index is 9.81. The van der Waals surface area contributed by atoms with Crippen molar-refractivity contribution < 1.29 is 9.90 Å². The summed E-state index contributed by atoms with van der Waals surface area (Å²) < 4.78 is 0. The quantitative estimate of drug-likeness (QED) is 0.103. The number of aliphatic hydroxyl groups is 1. The monoisotopic (exact) mass is 430 g/mol. The number of hydrogen-bond acceptors (Lipinski definition) is 6. The van der Waals surface area contributed by atoms with Crippen LogP contribution in [-0.4, -0.2) is 29.7 Å². The Bertz CT molecular complexity index is 353. The first-order valence-electron chi connectivity index (χ1n) is 12.3. The predicted octanol–water partition coefficient (Wildman–Crippen LogP) is 6.71. The molecule has 0 aromatic rings. The zero-order chi connectivity index (χ0) is 23.5. The van der Waals surface area contributed by atoms with Gasteiger partial charge in [0, 0.05) is 13.0 Å². The number of ketones is 1. The predicted molar refractivity (Wildman–Crippen MR) is 131 cm³/mol. The molecule has 0 rings (SSSR count). The van der Waals surface area contributed by atoms with Crippen LogP contribution >= 0.6 is 0 Å². The smallest absolute Gasteiger partial charge is 0.172 e. The van der Waals surface area contributed by atoms with E-state index in [1.807, 2.05) is 13.8 Å². The van der Waals surface area contributed by atoms with Gasteiger partial charge in [0.15, 0.2) is 5.72 Å². The molecule has 0 fully saturated rings. The molecule has 0 heterocycles. The van der Waals surface area contributed by atoms with Gasteiger partial charge in [-0.25, -0.2) is 0 Å². The van der Waals surface area contributed by atoms with E-state index < -0.39 is 5.72 Å². The molecule has 0 bridgehead atoms. The van der Waals surface area contributed by atoms with Crippen molar-refractivity contribution in [3.8, 4) is 0 Å². The second-order valence-electron chi connectivity index (χ2n) is 8.08. The van der Waals surface area contributed by atoms with Crippen molar-refractivity contribution in [2.75, 3.05) is 13.1 Å². The molecule has 6 heteroatoms. The minimum atomic E-state index is -0.956. The standard InChI is InChI=1S/C12H26N2O.C8H20N2.C4H8O/c1-4-6-7-8-9-10-11-13-14-12(3,15)5-2;1-2-3-4-5-6-7-8-10-9;1-3-4(2)5/h15H,4-11H2,1-3H3;10H,2-9H2,1H3;3H2,1-2H3/b14-13+;;. The SMILES string of the molecule is CCC(C)=O.CCCCCCCC/N=N/C(C)(O)CC.CCCCCCCCNN. The largest absolute Gasteiger partial charge is 0.368 e. The number of nitrogens with two attached hydrogens (primary N) is 1. The Morgan fingerprint density at radius 2 is 1.30 bits per heavy atom. The Labute approximate surface area is 187 Å². The van der Waals surface area contributed by atoms with Crippen molar-refractivity contribution >= 4 is 5.78 Å². The van der Waals surface area contributed by atoms with Gasteiger partial charge in [-0.2, -0.15) is 10.2 Å². The fourth-order valence-corrected chi connectivity index (χ4v) is 2.24. The number of carbonyl (C=O) groups is 1. The van der Waals surface area contributed by atoms with E-state index in [2.05, 4.69) is 29.5 Å². The summed E-state index contributed by atoms with van der Waals surface area (Å²) in [5, 5.41) is 17.4. The Morgan fingerprint density at radius 3 is 1.70 bits per heavy atom. The highest BCUT2D eigenvalue weighted by Gasteiger charge is 2.14. The highest BCUT2D eigenvalue weighted by molar-refractivity contribution is 5.74. The van der Waals surface area contributed by atoms with Crippen molar-refractivity contribution in [2.45, 2.75) is 137 Å². The van der Waals surface area contributed by atoms with Crippen LogP contribution in [-0.2, 0) is 4.79 Å². The van der Waals surface area contributed by atoms with E-state index in [1.165, 1.54) is 70.6 Å². The van der Waals surface area contributed by atoms with E-state index in [4.69, 9.17) is 5.84 Å². The highest BCUT2D eigenvalue weighted by atomic mass is 16.3. The second-order valence-corrected chi connectivity index (χ2v) is 8.08. The van der Waals surface area contributed by atoms with Gasteiger partial charge in [0.2, 0.25) is 0 Å². The van der Waals surface area contributed by atoms with Crippen molar-refractivity contribution in [3.63, 3.8) is 0 Å². The molecule has 182 valence electrons. The molecule has 0 spiro atoms. The molecule has 0 saturated carbocycles. The van der Waals surface area contributed by atoms with E-state index in [1.54, 1.807) is 13.8 Å². The number of hydrogen-bond donors (Lipinski definition) is 3.